The topological polar surface area (TPSA) is 8.81 Å². The standard InChI is InChI=1S/C14H27N2/c1-5-6-7-8-9-10-14-15(4)11-12-16(14)13(2)3/h11-13H,5-10H2,1-4H3/q+1. The second-order valence-electron chi connectivity index (χ2n) is 4.99. The van der Waals surface area contributed by atoms with Gasteiger partial charge in [-0.2, -0.15) is 0 Å². The first-order valence-electron chi connectivity index (χ1n) is 6.72. The fourth-order valence-corrected chi connectivity index (χ4v) is 2.19. The molecular weight excluding hydrogens is 196 g/mol. The molecule has 0 saturated carbocycles. The lowest BCUT2D eigenvalue weighted by molar-refractivity contribution is -0.679. The van der Waals surface area contributed by atoms with Crippen LogP contribution in [0.5, 0.6) is 0 Å². The number of nitrogens with zero attached hydrogens (tertiary/aromatic N) is 2. The number of unbranched alkanes of at least 4 members (excludes halogenated alkanes) is 4. The van der Waals surface area contributed by atoms with Crippen molar-refractivity contribution in [2.45, 2.75) is 65.3 Å². The number of rotatable bonds is 7. The minimum atomic E-state index is 0.576. The molecule has 0 aliphatic carbocycles. The van der Waals surface area contributed by atoms with Crippen molar-refractivity contribution < 1.29 is 4.57 Å². The third-order valence-electron chi connectivity index (χ3n) is 3.22. The van der Waals surface area contributed by atoms with Crippen LogP contribution in [0.25, 0.3) is 0 Å². The van der Waals surface area contributed by atoms with Crippen LogP contribution < -0.4 is 4.57 Å². The normalized spacial score (nSPS) is 11.3. The van der Waals surface area contributed by atoms with E-state index in [4.69, 9.17) is 0 Å². The molecule has 0 aromatic carbocycles. The fourth-order valence-electron chi connectivity index (χ4n) is 2.19. The van der Waals surface area contributed by atoms with Crippen LogP contribution in [0, 0.1) is 0 Å². The van der Waals surface area contributed by atoms with Gasteiger partial charge in [-0.05, 0) is 20.3 Å². The van der Waals surface area contributed by atoms with E-state index in [-0.39, 0.29) is 0 Å². The number of aromatic nitrogens is 2. The molecule has 0 unspecified atom stereocenters. The minimum absolute atomic E-state index is 0.576. The Morgan fingerprint density at radius 1 is 1.19 bits per heavy atom. The third-order valence-corrected chi connectivity index (χ3v) is 3.22. The molecule has 1 rings (SSSR count). The molecule has 92 valence electrons. The van der Waals surface area contributed by atoms with Crippen LogP contribution in [-0.2, 0) is 13.5 Å². The lowest BCUT2D eigenvalue weighted by Gasteiger charge is -2.05. The van der Waals surface area contributed by atoms with Gasteiger partial charge in [-0.25, -0.2) is 9.13 Å². The molecule has 0 fully saturated rings. The molecule has 0 atom stereocenters. The molecule has 16 heavy (non-hydrogen) atoms. The first-order chi connectivity index (χ1) is 7.66. The largest absolute Gasteiger partial charge is 0.256 e. The van der Waals surface area contributed by atoms with E-state index in [9.17, 15) is 0 Å². The zero-order valence-corrected chi connectivity index (χ0v) is 11.4. The zero-order chi connectivity index (χ0) is 12.0. The zero-order valence-electron chi connectivity index (χ0n) is 11.4. The van der Waals surface area contributed by atoms with Gasteiger partial charge >= 0.3 is 0 Å². The van der Waals surface area contributed by atoms with Crippen LogP contribution >= 0.6 is 0 Å². The van der Waals surface area contributed by atoms with Crippen molar-refractivity contribution in [2.75, 3.05) is 0 Å². The van der Waals surface area contributed by atoms with Gasteiger partial charge in [0.2, 0.25) is 0 Å². The van der Waals surface area contributed by atoms with Crippen LogP contribution in [0.1, 0.15) is 64.7 Å². The van der Waals surface area contributed by atoms with Crippen LogP contribution in [0.3, 0.4) is 0 Å². The second-order valence-corrected chi connectivity index (χ2v) is 4.99. The van der Waals surface area contributed by atoms with Crippen LogP contribution in [0.15, 0.2) is 12.4 Å². The average Bonchev–Trinajstić information content (AvgIpc) is 2.60. The summed E-state index contributed by atoms with van der Waals surface area (Å²) in [6, 6.07) is 0.576. The maximum Gasteiger partial charge on any atom is 0.256 e. The Morgan fingerprint density at radius 2 is 1.88 bits per heavy atom. The predicted molar refractivity (Wildman–Crippen MR) is 68.5 cm³/mol. The molecule has 0 saturated heterocycles. The van der Waals surface area contributed by atoms with E-state index in [2.05, 4.69) is 49.3 Å². The molecule has 0 aliphatic heterocycles. The summed E-state index contributed by atoms with van der Waals surface area (Å²) >= 11 is 0. The molecule has 0 amide bonds. The van der Waals surface area contributed by atoms with Gasteiger partial charge in [0, 0.05) is 6.42 Å². The first kappa shape index (κ1) is 13.3. The van der Waals surface area contributed by atoms with Gasteiger partial charge in [0.05, 0.1) is 13.1 Å². The van der Waals surface area contributed by atoms with Crippen molar-refractivity contribution in [1.82, 2.24) is 4.57 Å². The Morgan fingerprint density at radius 3 is 2.50 bits per heavy atom. The van der Waals surface area contributed by atoms with E-state index in [1.807, 2.05) is 0 Å². The van der Waals surface area contributed by atoms with Crippen molar-refractivity contribution in [2.24, 2.45) is 7.05 Å². The van der Waals surface area contributed by atoms with E-state index in [0.717, 1.165) is 0 Å². The SMILES string of the molecule is CCCCCCCc1n(C(C)C)cc[n+]1C. The highest BCUT2D eigenvalue weighted by Crippen LogP contribution is 2.11. The van der Waals surface area contributed by atoms with Crippen LogP contribution in [-0.4, -0.2) is 4.57 Å². The first-order valence-corrected chi connectivity index (χ1v) is 6.72. The lowest BCUT2D eigenvalue weighted by Crippen LogP contribution is -2.32. The van der Waals surface area contributed by atoms with Gasteiger partial charge in [0.25, 0.3) is 5.82 Å². The molecule has 2 nitrogen and oxygen atoms in total. The molecular formula is C14H27N2+. The van der Waals surface area contributed by atoms with Gasteiger partial charge in [-0.3, -0.25) is 0 Å². The van der Waals surface area contributed by atoms with E-state index < -0.39 is 0 Å². The second kappa shape index (κ2) is 6.72. The van der Waals surface area contributed by atoms with Crippen LogP contribution in [0.2, 0.25) is 0 Å². The Balaban J connectivity index is 2.43. The maximum atomic E-state index is 2.39. The molecule has 1 aromatic rings. The van der Waals surface area contributed by atoms with E-state index >= 15 is 0 Å². The summed E-state index contributed by atoms with van der Waals surface area (Å²) in [6.07, 6.45) is 12.4. The molecule has 1 aromatic heterocycles. The third kappa shape index (κ3) is 3.66. The molecule has 2 heteroatoms. The fraction of sp³-hybridized carbons (Fsp3) is 0.786. The van der Waals surface area contributed by atoms with Crippen molar-refractivity contribution in [3.05, 3.63) is 18.2 Å². The summed E-state index contributed by atoms with van der Waals surface area (Å²) in [6.45, 7) is 6.77. The summed E-state index contributed by atoms with van der Waals surface area (Å²) in [4.78, 5) is 0. The summed E-state index contributed by atoms with van der Waals surface area (Å²) in [7, 11) is 2.15. The van der Waals surface area contributed by atoms with Gasteiger partial charge < -0.3 is 0 Å². The van der Waals surface area contributed by atoms with Crippen molar-refractivity contribution in [3.8, 4) is 0 Å². The van der Waals surface area contributed by atoms with Crippen molar-refractivity contribution in [1.29, 1.82) is 0 Å². The number of hydrogen-bond acceptors (Lipinski definition) is 0. The number of imidazole rings is 1. The van der Waals surface area contributed by atoms with E-state index in [1.54, 1.807) is 0 Å². The van der Waals surface area contributed by atoms with E-state index in [1.165, 1.54) is 44.3 Å². The Bertz CT molecular complexity index is 300. The number of aryl methyl sites for hydroxylation is 1. The predicted octanol–water partition coefficient (Wildman–Crippen LogP) is 3.41. The summed E-state index contributed by atoms with van der Waals surface area (Å²) in [5.41, 5.74) is 0. The summed E-state index contributed by atoms with van der Waals surface area (Å²) in [5, 5.41) is 0. The van der Waals surface area contributed by atoms with Crippen molar-refractivity contribution >= 4 is 0 Å². The molecule has 0 aliphatic rings. The summed E-state index contributed by atoms with van der Waals surface area (Å²) < 4.78 is 4.65. The van der Waals surface area contributed by atoms with Gasteiger partial charge in [-0.1, -0.05) is 32.6 Å². The Kier molecular flexibility index (Phi) is 5.58. The highest BCUT2D eigenvalue weighted by Gasteiger charge is 2.15. The monoisotopic (exact) mass is 223 g/mol. The average molecular weight is 223 g/mol. The van der Waals surface area contributed by atoms with Gasteiger partial charge in [-0.15, -0.1) is 0 Å². The number of hydrogen-bond donors (Lipinski definition) is 0. The van der Waals surface area contributed by atoms with E-state index in [0.29, 0.717) is 6.04 Å². The maximum absolute atomic E-state index is 2.39. The Hall–Kier alpha value is -0.790. The molecule has 0 radical (unpaired) electrons. The van der Waals surface area contributed by atoms with Crippen LogP contribution in [0.4, 0.5) is 0 Å². The molecule has 0 bridgehead atoms. The van der Waals surface area contributed by atoms with Crippen molar-refractivity contribution in [3.63, 3.8) is 0 Å². The lowest BCUT2D eigenvalue weighted by atomic mass is 10.1. The van der Waals surface area contributed by atoms with Gasteiger partial charge in [0.15, 0.2) is 0 Å². The highest BCUT2D eigenvalue weighted by molar-refractivity contribution is 4.86. The molecule has 1 heterocycles. The quantitative estimate of drug-likeness (QED) is 0.495. The molecule has 0 spiro atoms. The Labute approximate surface area is 100 Å². The smallest absolute Gasteiger partial charge is 0.237 e. The minimum Gasteiger partial charge on any atom is -0.237 e. The molecule has 0 N–H and O–H groups in total. The summed E-state index contributed by atoms with van der Waals surface area (Å²) in [5.74, 6) is 1.46. The highest BCUT2D eigenvalue weighted by atomic mass is 15.1. The van der Waals surface area contributed by atoms with Gasteiger partial charge in [0.1, 0.15) is 12.4 Å².